The van der Waals surface area contributed by atoms with E-state index in [4.69, 9.17) is 0 Å². The van der Waals surface area contributed by atoms with Crippen LogP contribution in [0.5, 0.6) is 0 Å². The lowest BCUT2D eigenvalue weighted by Gasteiger charge is -2.23. The normalized spacial score (nSPS) is 19.1. The van der Waals surface area contributed by atoms with Crippen LogP contribution >= 0.6 is 0 Å². The highest BCUT2D eigenvalue weighted by molar-refractivity contribution is 6.00. The highest BCUT2D eigenvalue weighted by Crippen LogP contribution is 2.17. The number of nitrogens with zero attached hydrogens (tertiary/aromatic N) is 2. The number of piperidine rings is 1. The molecular weight excluding hydrogens is 186 g/mol. The third-order valence-electron chi connectivity index (χ3n) is 2.89. The maximum absolute atomic E-state index is 4.41. The molecule has 1 aliphatic rings. The molecule has 1 saturated heterocycles. The van der Waals surface area contributed by atoms with E-state index in [9.17, 15) is 0 Å². The fraction of sp³-hybridized carbons (Fsp3) is 0.500. The van der Waals surface area contributed by atoms with Gasteiger partial charge in [0, 0.05) is 19.2 Å². The van der Waals surface area contributed by atoms with Crippen molar-refractivity contribution < 1.29 is 0 Å². The van der Waals surface area contributed by atoms with Crippen molar-refractivity contribution in [3.63, 3.8) is 0 Å². The molecule has 0 aliphatic carbocycles. The lowest BCUT2D eigenvalue weighted by atomic mass is 9.91. The van der Waals surface area contributed by atoms with Gasteiger partial charge in [-0.1, -0.05) is 6.07 Å². The largest absolute Gasteiger partial charge is 0.317 e. The van der Waals surface area contributed by atoms with Gasteiger partial charge in [-0.15, -0.1) is 0 Å². The number of aliphatic imine (C=N–C) groups is 1. The molecule has 1 aromatic rings. The first-order valence-corrected chi connectivity index (χ1v) is 5.50. The third kappa shape index (κ3) is 2.42. The van der Waals surface area contributed by atoms with E-state index < -0.39 is 0 Å². The number of pyridine rings is 1. The molecule has 0 bridgehead atoms. The van der Waals surface area contributed by atoms with Gasteiger partial charge in [-0.2, -0.15) is 0 Å². The fourth-order valence-electron chi connectivity index (χ4n) is 2.12. The van der Waals surface area contributed by atoms with Crippen molar-refractivity contribution in [3.05, 3.63) is 30.1 Å². The first-order chi connectivity index (χ1) is 7.42. The Balaban J connectivity index is 2.17. The van der Waals surface area contributed by atoms with Gasteiger partial charge in [-0.3, -0.25) is 9.98 Å². The molecular formula is C12H17N3. The smallest absolute Gasteiger partial charge is 0.0842 e. The number of aromatic nitrogens is 1. The van der Waals surface area contributed by atoms with Crippen LogP contribution in [0.25, 0.3) is 0 Å². The Morgan fingerprint density at radius 1 is 1.40 bits per heavy atom. The number of rotatable bonds is 2. The molecule has 3 heteroatoms. The van der Waals surface area contributed by atoms with E-state index in [0.717, 1.165) is 24.5 Å². The van der Waals surface area contributed by atoms with E-state index in [2.05, 4.69) is 15.3 Å². The van der Waals surface area contributed by atoms with Crippen molar-refractivity contribution in [3.8, 4) is 0 Å². The second-order valence-corrected chi connectivity index (χ2v) is 3.85. The molecule has 2 rings (SSSR count). The summed E-state index contributed by atoms with van der Waals surface area (Å²) in [5.74, 6) is 0.575. The van der Waals surface area contributed by atoms with Crippen molar-refractivity contribution in [1.82, 2.24) is 10.3 Å². The van der Waals surface area contributed by atoms with Crippen molar-refractivity contribution in [2.45, 2.75) is 12.8 Å². The molecule has 0 atom stereocenters. The Kier molecular flexibility index (Phi) is 3.45. The summed E-state index contributed by atoms with van der Waals surface area (Å²) in [6, 6.07) is 6.01. The van der Waals surface area contributed by atoms with Gasteiger partial charge in [0.1, 0.15) is 0 Å². The van der Waals surface area contributed by atoms with E-state index in [0.29, 0.717) is 5.92 Å². The van der Waals surface area contributed by atoms with E-state index in [1.54, 1.807) is 0 Å². The van der Waals surface area contributed by atoms with E-state index in [1.165, 1.54) is 12.8 Å². The predicted molar refractivity (Wildman–Crippen MR) is 62.3 cm³/mol. The highest BCUT2D eigenvalue weighted by Gasteiger charge is 2.20. The van der Waals surface area contributed by atoms with Crippen LogP contribution < -0.4 is 5.32 Å². The van der Waals surface area contributed by atoms with Gasteiger partial charge in [-0.05, 0) is 38.1 Å². The van der Waals surface area contributed by atoms with Gasteiger partial charge < -0.3 is 5.32 Å². The Bertz CT molecular complexity index is 326. The summed E-state index contributed by atoms with van der Waals surface area (Å²) in [5, 5.41) is 3.37. The maximum atomic E-state index is 4.41. The number of hydrogen-bond acceptors (Lipinski definition) is 3. The van der Waals surface area contributed by atoms with Crippen molar-refractivity contribution >= 4 is 5.71 Å². The molecule has 0 amide bonds. The lowest BCUT2D eigenvalue weighted by molar-refractivity contribution is 0.456. The Morgan fingerprint density at radius 3 is 2.80 bits per heavy atom. The Hall–Kier alpha value is -1.22. The summed E-state index contributed by atoms with van der Waals surface area (Å²) in [6.45, 7) is 2.19. The minimum atomic E-state index is 0.575. The van der Waals surface area contributed by atoms with E-state index >= 15 is 0 Å². The first kappa shape index (κ1) is 10.3. The van der Waals surface area contributed by atoms with Crippen LogP contribution in [0.4, 0.5) is 0 Å². The number of hydrogen-bond donors (Lipinski definition) is 1. The van der Waals surface area contributed by atoms with Gasteiger partial charge in [-0.25, -0.2) is 0 Å². The van der Waals surface area contributed by atoms with Gasteiger partial charge >= 0.3 is 0 Å². The minimum absolute atomic E-state index is 0.575. The second-order valence-electron chi connectivity index (χ2n) is 3.85. The summed E-state index contributed by atoms with van der Waals surface area (Å²) in [4.78, 5) is 8.78. The molecule has 0 aromatic carbocycles. The number of nitrogens with one attached hydrogen (secondary N) is 1. The average molecular weight is 203 g/mol. The summed E-state index contributed by atoms with van der Waals surface area (Å²) < 4.78 is 0. The SMILES string of the molecule is CN=C(c1ccccn1)C1CCNCC1. The molecule has 1 fully saturated rings. The molecule has 0 radical (unpaired) electrons. The highest BCUT2D eigenvalue weighted by atomic mass is 14.9. The summed E-state index contributed by atoms with van der Waals surface area (Å²) in [5.41, 5.74) is 2.20. The van der Waals surface area contributed by atoms with Crippen molar-refractivity contribution in [1.29, 1.82) is 0 Å². The van der Waals surface area contributed by atoms with Crippen LogP contribution in [0.15, 0.2) is 29.4 Å². The minimum Gasteiger partial charge on any atom is -0.317 e. The third-order valence-corrected chi connectivity index (χ3v) is 2.89. The molecule has 0 saturated carbocycles. The molecule has 1 N–H and O–H groups in total. The van der Waals surface area contributed by atoms with Gasteiger partial charge in [0.05, 0.1) is 11.4 Å². The summed E-state index contributed by atoms with van der Waals surface area (Å²) in [7, 11) is 1.87. The van der Waals surface area contributed by atoms with Crippen LogP contribution in [0.2, 0.25) is 0 Å². The van der Waals surface area contributed by atoms with E-state index in [1.807, 2.05) is 31.4 Å². The molecule has 2 heterocycles. The van der Waals surface area contributed by atoms with Crippen LogP contribution in [-0.2, 0) is 0 Å². The summed E-state index contributed by atoms with van der Waals surface area (Å²) in [6.07, 6.45) is 4.17. The molecule has 1 aliphatic heterocycles. The standard InChI is InChI=1S/C12H17N3/c1-13-12(10-5-8-14-9-6-10)11-4-2-3-7-15-11/h2-4,7,10,14H,5-6,8-9H2,1H3. The Labute approximate surface area is 90.6 Å². The Morgan fingerprint density at radius 2 is 2.20 bits per heavy atom. The molecule has 1 aromatic heterocycles. The van der Waals surface area contributed by atoms with Gasteiger partial charge in [0.25, 0.3) is 0 Å². The molecule has 80 valence electrons. The molecule has 15 heavy (non-hydrogen) atoms. The van der Waals surface area contributed by atoms with Crippen LogP contribution in [-0.4, -0.2) is 30.8 Å². The van der Waals surface area contributed by atoms with Gasteiger partial charge in [0.2, 0.25) is 0 Å². The quantitative estimate of drug-likeness (QED) is 0.740. The second kappa shape index (κ2) is 5.03. The van der Waals surface area contributed by atoms with Gasteiger partial charge in [0.15, 0.2) is 0 Å². The van der Waals surface area contributed by atoms with E-state index in [-0.39, 0.29) is 0 Å². The lowest BCUT2D eigenvalue weighted by Crippen LogP contribution is -2.32. The monoisotopic (exact) mass is 203 g/mol. The first-order valence-electron chi connectivity index (χ1n) is 5.50. The van der Waals surface area contributed by atoms with Crippen molar-refractivity contribution in [2.24, 2.45) is 10.9 Å². The van der Waals surface area contributed by atoms with Crippen LogP contribution in [0.3, 0.4) is 0 Å². The summed E-state index contributed by atoms with van der Waals surface area (Å²) >= 11 is 0. The molecule has 3 nitrogen and oxygen atoms in total. The topological polar surface area (TPSA) is 37.3 Å². The molecule has 0 unspecified atom stereocenters. The maximum Gasteiger partial charge on any atom is 0.0842 e. The zero-order valence-electron chi connectivity index (χ0n) is 9.11. The average Bonchev–Trinajstić information content (AvgIpc) is 2.33. The van der Waals surface area contributed by atoms with Crippen LogP contribution in [0.1, 0.15) is 18.5 Å². The fourth-order valence-corrected chi connectivity index (χ4v) is 2.12. The van der Waals surface area contributed by atoms with Crippen LogP contribution in [0, 0.1) is 5.92 Å². The van der Waals surface area contributed by atoms with Crippen molar-refractivity contribution in [2.75, 3.05) is 20.1 Å². The zero-order chi connectivity index (χ0) is 10.5. The molecule has 0 spiro atoms. The predicted octanol–water partition coefficient (Wildman–Crippen LogP) is 1.50. The zero-order valence-corrected chi connectivity index (χ0v) is 9.11.